The Morgan fingerprint density at radius 2 is 1.27 bits per heavy atom. The Balaban J connectivity index is 1.45. The van der Waals surface area contributed by atoms with Crippen molar-refractivity contribution in [1.29, 1.82) is 0 Å². The van der Waals surface area contributed by atoms with Gasteiger partial charge < -0.3 is 14.6 Å². The van der Waals surface area contributed by atoms with E-state index in [4.69, 9.17) is 9.47 Å². The summed E-state index contributed by atoms with van der Waals surface area (Å²) in [6.07, 6.45) is 5.91. The zero-order chi connectivity index (χ0) is 15.5. The largest absolute Gasteiger partial charge is 0.390 e. The Morgan fingerprint density at radius 3 is 1.64 bits per heavy atom. The summed E-state index contributed by atoms with van der Waals surface area (Å²) in [5.41, 5.74) is 0. The quantitative estimate of drug-likeness (QED) is 0.842. The maximum Gasteiger partial charge on any atom is 0.0793 e. The molecular formula is C17H32N2O3. The van der Waals surface area contributed by atoms with Crippen LogP contribution in [-0.4, -0.2) is 84.7 Å². The average molecular weight is 312 g/mol. The Bertz CT molecular complexity index is 323. The lowest BCUT2D eigenvalue weighted by Gasteiger charge is -2.25. The lowest BCUT2D eigenvalue weighted by molar-refractivity contribution is 0.0223. The fraction of sp³-hybridized carbons (Fsp3) is 1.00. The monoisotopic (exact) mass is 312 g/mol. The van der Waals surface area contributed by atoms with Gasteiger partial charge in [-0.05, 0) is 39.5 Å². The summed E-state index contributed by atoms with van der Waals surface area (Å²) >= 11 is 0. The summed E-state index contributed by atoms with van der Waals surface area (Å²) in [4.78, 5) is 4.76. The molecule has 1 N–H and O–H groups in total. The van der Waals surface area contributed by atoms with Crippen LogP contribution in [0.1, 0.15) is 39.5 Å². The summed E-state index contributed by atoms with van der Waals surface area (Å²) in [6.45, 7) is 9.82. The van der Waals surface area contributed by atoms with E-state index < -0.39 is 0 Å². The second-order valence-corrected chi connectivity index (χ2v) is 7.47. The Labute approximate surface area is 134 Å². The highest BCUT2D eigenvalue weighted by atomic mass is 16.5. The van der Waals surface area contributed by atoms with Crippen molar-refractivity contribution in [2.24, 2.45) is 0 Å². The molecule has 0 amide bonds. The van der Waals surface area contributed by atoms with Gasteiger partial charge in [-0.1, -0.05) is 0 Å². The molecule has 3 saturated heterocycles. The molecule has 3 heterocycles. The number of ether oxygens (including phenoxy) is 2. The Kier molecular flexibility index (Phi) is 5.74. The molecule has 0 aromatic carbocycles. The third-order valence-electron chi connectivity index (χ3n) is 5.23. The molecule has 22 heavy (non-hydrogen) atoms. The average Bonchev–Trinajstić information content (AvgIpc) is 2.99. The molecule has 0 aromatic rings. The van der Waals surface area contributed by atoms with Crippen molar-refractivity contribution in [1.82, 2.24) is 9.80 Å². The van der Waals surface area contributed by atoms with Crippen molar-refractivity contribution in [3.05, 3.63) is 0 Å². The van der Waals surface area contributed by atoms with Gasteiger partial charge in [0, 0.05) is 39.3 Å². The first-order chi connectivity index (χ1) is 10.6. The normalized spacial score (nSPS) is 41.9. The summed E-state index contributed by atoms with van der Waals surface area (Å²) in [5, 5.41) is 10.3. The van der Waals surface area contributed by atoms with Crippen LogP contribution in [0.4, 0.5) is 0 Å². The number of nitrogens with zero attached hydrogens (tertiary/aromatic N) is 2. The number of aliphatic hydroxyl groups excluding tert-OH is 1. The van der Waals surface area contributed by atoms with Crippen LogP contribution in [0.15, 0.2) is 0 Å². The smallest absolute Gasteiger partial charge is 0.0793 e. The second kappa shape index (κ2) is 7.58. The minimum Gasteiger partial charge on any atom is -0.390 e. The van der Waals surface area contributed by atoms with Crippen molar-refractivity contribution in [2.75, 3.05) is 39.3 Å². The topological polar surface area (TPSA) is 45.2 Å². The molecule has 0 bridgehead atoms. The molecule has 0 radical (unpaired) electrons. The van der Waals surface area contributed by atoms with Crippen molar-refractivity contribution in [3.63, 3.8) is 0 Å². The molecule has 3 fully saturated rings. The predicted octanol–water partition coefficient (Wildman–Crippen LogP) is 1.10. The van der Waals surface area contributed by atoms with E-state index in [9.17, 15) is 5.11 Å². The number of β-amino-alcohol motifs (C(OH)–C–C–N with tert-alkyl or cyclic N) is 1. The molecule has 3 aliphatic heterocycles. The lowest BCUT2D eigenvalue weighted by atomic mass is 10.2. The number of aliphatic hydroxyl groups is 1. The van der Waals surface area contributed by atoms with E-state index in [0.29, 0.717) is 24.4 Å². The highest BCUT2D eigenvalue weighted by Gasteiger charge is 2.29. The summed E-state index contributed by atoms with van der Waals surface area (Å²) < 4.78 is 11.9. The van der Waals surface area contributed by atoms with Crippen LogP contribution in [0.25, 0.3) is 0 Å². The molecule has 5 atom stereocenters. The summed E-state index contributed by atoms with van der Waals surface area (Å²) in [7, 11) is 0. The van der Waals surface area contributed by atoms with Gasteiger partial charge in [0.15, 0.2) is 0 Å². The second-order valence-electron chi connectivity index (χ2n) is 7.47. The van der Waals surface area contributed by atoms with E-state index in [1.807, 2.05) is 0 Å². The first kappa shape index (κ1) is 16.7. The number of rotatable bonds is 4. The van der Waals surface area contributed by atoms with Gasteiger partial charge in [-0.15, -0.1) is 0 Å². The highest BCUT2D eigenvalue weighted by molar-refractivity contribution is 4.82. The van der Waals surface area contributed by atoms with Crippen LogP contribution in [0.2, 0.25) is 0 Å². The fourth-order valence-electron chi connectivity index (χ4n) is 4.07. The van der Waals surface area contributed by atoms with Gasteiger partial charge >= 0.3 is 0 Å². The summed E-state index contributed by atoms with van der Waals surface area (Å²) in [5.74, 6) is 0. The number of hydrogen-bond acceptors (Lipinski definition) is 5. The van der Waals surface area contributed by atoms with E-state index in [2.05, 4.69) is 23.6 Å². The third-order valence-corrected chi connectivity index (χ3v) is 5.23. The Hall–Kier alpha value is -0.200. The minimum absolute atomic E-state index is 0.264. The molecule has 5 nitrogen and oxygen atoms in total. The molecule has 128 valence electrons. The SMILES string of the molecule is C[C@@H]1CC[C@H](CN2CCN(C[C@@H]3CC[C@@H](C)O3)CC(O)C2)O1. The molecule has 0 aliphatic carbocycles. The number of hydrogen-bond donors (Lipinski definition) is 1. The van der Waals surface area contributed by atoms with E-state index in [0.717, 1.165) is 52.1 Å². The lowest BCUT2D eigenvalue weighted by Crippen LogP contribution is -2.38. The Morgan fingerprint density at radius 1 is 0.818 bits per heavy atom. The van der Waals surface area contributed by atoms with Crippen molar-refractivity contribution in [3.8, 4) is 0 Å². The van der Waals surface area contributed by atoms with Crippen molar-refractivity contribution < 1.29 is 14.6 Å². The minimum atomic E-state index is -0.264. The first-order valence-electron chi connectivity index (χ1n) is 9.02. The van der Waals surface area contributed by atoms with Gasteiger partial charge in [-0.25, -0.2) is 0 Å². The standard InChI is InChI=1S/C17H32N2O3/c1-13-3-5-16(21-13)11-18-7-8-19(10-15(20)9-18)12-17-6-4-14(2)22-17/h13-17,20H,3-12H2,1-2H3/t13-,14-,15?,16-,17+/m1/s1. The maximum absolute atomic E-state index is 10.3. The molecule has 3 aliphatic rings. The van der Waals surface area contributed by atoms with Crippen LogP contribution < -0.4 is 0 Å². The molecule has 0 spiro atoms. The van der Waals surface area contributed by atoms with Gasteiger partial charge in [0.05, 0.1) is 30.5 Å². The molecule has 3 rings (SSSR count). The molecule has 0 aromatic heterocycles. The van der Waals surface area contributed by atoms with Gasteiger partial charge in [-0.2, -0.15) is 0 Å². The van der Waals surface area contributed by atoms with Crippen molar-refractivity contribution in [2.45, 2.75) is 70.1 Å². The van der Waals surface area contributed by atoms with Crippen LogP contribution >= 0.6 is 0 Å². The van der Waals surface area contributed by atoms with Crippen LogP contribution in [0, 0.1) is 0 Å². The van der Waals surface area contributed by atoms with E-state index in [1.165, 1.54) is 12.8 Å². The zero-order valence-electron chi connectivity index (χ0n) is 14.1. The summed E-state index contributed by atoms with van der Waals surface area (Å²) in [6, 6.07) is 0. The van der Waals surface area contributed by atoms with E-state index in [-0.39, 0.29) is 6.10 Å². The molecule has 0 saturated carbocycles. The van der Waals surface area contributed by atoms with Gasteiger partial charge in [-0.3, -0.25) is 9.80 Å². The highest BCUT2D eigenvalue weighted by Crippen LogP contribution is 2.22. The zero-order valence-corrected chi connectivity index (χ0v) is 14.1. The van der Waals surface area contributed by atoms with Gasteiger partial charge in [0.1, 0.15) is 0 Å². The molecular weight excluding hydrogens is 280 g/mol. The maximum atomic E-state index is 10.3. The van der Waals surface area contributed by atoms with Crippen LogP contribution in [-0.2, 0) is 9.47 Å². The van der Waals surface area contributed by atoms with Crippen LogP contribution in [0.3, 0.4) is 0 Å². The molecule has 1 unspecified atom stereocenters. The van der Waals surface area contributed by atoms with E-state index in [1.54, 1.807) is 0 Å². The first-order valence-corrected chi connectivity index (χ1v) is 9.02. The molecule has 5 heteroatoms. The van der Waals surface area contributed by atoms with Gasteiger partial charge in [0.2, 0.25) is 0 Å². The predicted molar refractivity (Wildman–Crippen MR) is 86.0 cm³/mol. The van der Waals surface area contributed by atoms with Gasteiger partial charge in [0.25, 0.3) is 0 Å². The van der Waals surface area contributed by atoms with Crippen LogP contribution in [0.5, 0.6) is 0 Å². The fourth-order valence-corrected chi connectivity index (χ4v) is 4.07. The van der Waals surface area contributed by atoms with Crippen molar-refractivity contribution >= 4 is 0 Å². The third kappa shape index (κ3) is 4.65. The van der Waals surface area contributed by atoms with E-state index >= 15 is 0 Å².